The summed E-state index contributed by atoms with van der Waals surface area (Å²) in [6.07, 6.45) is -0.748. The number of ether oxygens (including phenoxy) is 2. The summed E-state index contributed by atoms with van der Waals surface area (Å²) in [7, 11) is 3.28. The number of nitrogens with one attached hydrogen (secondary N) is 1. The molecule has 31 heavy (non-hydrogen) atoms. The van der Waals surface area contributed by atoms with Crippen LogP contribution in [-0.4, -0.2) is 91.5 Å². The molecule has 168 valence electrons. The molecule has 4 unspecified atom stereocenters. The normalized spacial score (nSPS) is 28.5. The van der Waals surface area contributed by atoms with Crippen molar-refractivity contribution < 1.29 is 23.9 Å². The van der Waals surface area contributed by atoms with Crippen molar-refractivity contribution in [3.8, 4) is 5.75 Å². The Morgan fingerprint density at radius 1 is 1.26 bits per heavy atom. The third-order valence-electron chi connectivity index (χ3n) is 6.06. The largest absolute Gasteiger partial charge is 0.497 e. The van der Waals surface area contributed by atoms with Crippen LogP contribution in [-0.2, 0) is 14.3 Å². The Balaban J connectivity index is 1.64. The maximum atomic E-state index is 13.4. The van der Waals surface area contributed by atoms with Gasteiger partial charge in [-0.1, -0.05) is 13.0 Å². The Hall–Kier alpha value is -2.85. The fraction of sp³-hybridized carbons (Fsp3) is 0.571. The molecule has 0 aromatic heterocycles. The van der Waals surface area contributed by atoms with E-state index in [-0.39, 0.29) is 31.3 Å². The second-order valence-corrected chi connectivity index (χ2v) is 8.21. The minimum atomic E-state index is -0.594. The van der Waals surface area contributed by atoms with Crippen LogP contribution in [0.2, 0.25) is 0 Å². The number of nitrogens with zero attached hydrogens (tertiary/aromatic N) is 4. The van der Waals surface area contributed by atoms with Crippen LogP contribution in [0.15, 0.2) is 24.3 Å². The number of amides is 3. The topological polar surface area (TPSA) is 94.7 Å². The van der Waals surface area contributed by atoms with Gasteiger partial charge in [-0.25, -0.2) is 4.79 Å². The molecule has 3 saturated heterocycles. The maximum absolute atomic E-state index is 13.4. The molecule has 3 fully saturated rings. The molecule has 0 bridgehead atoms. The number of esters is 1. The van der Waals surface area contributed by atoms with Gasteiger partial charge in [0.1, 0.15) is 30.8 Å². The monoisotopic (exact) mass is 431 g/mol. The van der Waals surface area contributed by atoms with Gasteiger partial charge in [-0.05, 0) is 25.0 Å². The lowest BCUT2D eigenvalue weighted by molar-refractivity contribution is -0.151. The van der Waals surface area contributed by atoms with Gasteiger partial charge in [-0.2, -0.15) is 0 Å². The standard InChI is InChI=1S/C21H29N5O5/c1-5-31-16(27)12-26-19(28)17-18(23(3)21(26)29)22-20-24(10-13(2)11-25(17)20)14-7-6-8-15(9-14)30-4/h6-9,13,17-18,20,22H,5,10-12H2,1-4H3. The van der Waals surface area contributed by atoms with Crippen LogP contribution in [0.25, 0.3) is 0 Å². The van der Waals surface area contributed by atoms with Gasteiger partial charge in [-0.15, -0.1) is 0 Å². The lowest BCUT2D eigenvalue weighted by Gasteiger charge is -2.45. The Morgan fingerprint density at radius 3 is 2.74 bits per heavy atom. The van der Waals surface area contributed by atoms with Crippen LogP contribution in [0, 0.1) is 5.92 Å². The Labute approximate surface area is 181 Å². The second-order valence-electron chi connectivity index (χ2n) is 8.21. The molecule has 3 aliphatic heterocycles. The van der Waals surface area contributed by atoms with E-state index in [0.717, 1.165) is 22.9 Å². The predicted molar refractivity (Wildman–Crippen MR) is 112 cm³/mol. The van der Waals surface area contributed by atoms with Crippen LogP contribution in [0.3, 0.4) is 0 Å². The summed E-state index contributed by atoms with van der Waals surface area (Å²) in [6.45, 7) is 5.12. The zero-order valence-electron chi connectivity index (χ0n) is 18.3. The number of anilines is 1. The van der Waals surface area contributed by atoms with E-state index in [4.69, 9.17) is 9.47 Å². The summed E-state index contributed by atoms with van der Waals surface area (Å²) >= 11 is 0. The molecule has 0 spiro atoms. The van der Waals surface area contributed by atoms with Crippen LogP contribution < -0.4 is 15.0 Å². The van der Waals surface area contributed by atoms with E-state index < -0.39 is 24.2 Å². The number of benzene rings is 1. The van der Waals surface area contributed by atoms with E-state index in [0.29, 0.717) is 6.54 Å². The van der Waals surface area contributed by atoms with Crippen molar-refractivity contribution in [1.82, 2.24) is 20.0 Å². The van der Waals surface area contributed by atoms with E-state index in [2.05, 4.69) is 22.0 Å². The lowest BCUT2D eigenvalue weighted by atomic mass is 10.0. The van der Waals surface area contributed by atoms with E-state index in [9.17, 15) is 14.4 Å². The number of hydrogen-bond acceptors (Lipinski definition) is 8. The summed E-state index contributed by atoms with van der Waals surface area (Å²) < 4.78 is 10.3. The van der Waals surface area contributed by atoms with Crippen LogP contribution in [0.4, 0.5) is 10.5 Å². The van der Waals surface area contributed by atoms with Gasteiger partial charge in [0, 0.05) is 31.9 Å². The zero-order chi connectivity index (χ0) is 22.3. The van der Waals surface area contributed by atoms with E-state index in [1.165, 1.54) is 4.90 Å². The van der Waals surface area contributed by atoms with Crippen molar-refractivity contribution in [2.75, 3.05) is 45.3 Å². The number of carbonyl (C=O) groups is 3. The first kappa shape index (κ1) is 21.4. The van der Waals surface area contributed by atoms with E-state index in [1.54, 1.807) is 21.1 Å². The number of fused-ring (bicyclic) bond motifs is 3. The molecule has 3 heterocycles. The average molecular weight is 431 g/mol. The summed E-state index contributed by atoms with van der Waals surface area (Å²) in [5.41, 5.74) is 0.969. The van der Waals surface area contributed by atoms with Crippen molar-refractivity contribution >= 4 is 23.6 Å². The molecule has 1 N–H and O–H groups in total. The summed E-state index contributed by atoms with van der Waals surface area (Å²) in [4.78, 5) is 45.0. The summed E-state index contributed by atoms with van der Waals surface area (Å²) in [5.74, 6) is 0.0679. The van der Waals surface area contributed by atoms with Crippen molar-refractivity contribution in [3.05, 3.63) is 24.3 Å². The van der Waals surface area contributed by atoms with Crippen LogP contribution in [0.1, 0.15) is 13.8 Å². The highest BCUT2D eigenvalue weighted by atomic mass is 16.5. The van der Waals surface area contributed by atoms with Gasteiger partial charge in [-0.3, -0.25) is 24.7 Å². The smallest absolute Gasteiger partial charge is 0.328 e. The molecular weight excluding hydrogens is 402 g/mol. The van der Waals surface area contributed by atoms with Crippen molar-refractivity contribution in [2.24, 2.45) is 5.92 Å². The highest BCUT2D eigenvalue weighted by Gasteiger charge is 2.57. The van der Waals surface area contributed by atoms with Gasteiger partial charge in [0.15, 0.2) is 0 Å². The highest BCUT2D eigenvalue weighted by Crippen LogP contribution is 2.35. The first-order valence-corrected chi connectivity index (χ1v) is 10.5. The number of carbonyl (C=O) groups excluding carboxylic acids is 3. The van der Waals surface area contributed by atoms with Crippen LogP contribution in [0.5, 0.6) is 5.75 Å². The molecule has 4 atom stereocenters. The Bertz CT molecular complexity index is 879. The maximum Gasteiger partial charge on any atom is 0.328 e. The van der Waals surface area contributed by atoms with Gasteiger partial charge < -0.3 is 19.3 Å². The minimum absolute atomic E-state index is 0.194. The molecular formula is C21H29N5O5. The summed E-state index contributed by atoms with van der Waals surface area (Å²) in [6, 6.07) is 6.70. The Kier molecular flexibility index (Phi) is 5.76. The minimum Gasteiger partial charge on any atom is -0.497 e. The highest BCUT2D eigenvalue weighted by molar-refractivity contribution is 6.02. The number of likely N-dealkylation sites (N-methyl/N-ethyl adjacent to an activating group) is 1. The SMILES string of the molecule is CCOC(=O)CN1C(=O)C2C(NC3N(c4cccc(OC)c4)CC(C)CN23)N(C)C1=O. The molecule has 3 aliphatic rings. The fourth-order valence-electron chi connectivity index (χ4n) is 4.69. The van der Waals surface area contributed by atoms with E-state index in [1.807, 2.05) is 24.3 Å². The van der Waals surface area contributed by atoms with Gasteiger partial charge in [0.25, 0.3) is 5.91 Å². The molecule has 0 saturated carbocycles. The zero-order valence-corrected chi connectivity index (χ0v) is 18.3. The van der Waals surface area contributed by atoms with Crippen molar-refractivity contribution in [3.63, 3.8) is 0 Å². The molecule has 10 nitrogen and oxygen atoms in total. The third-order valence-corrected chi connectivity index (χ3v) is 6.06. The third kappa shape index (κ3) is 3.70. The second kappa shape index (κ2) is 8.35. The molecule has 10 heteroatoms. The van der Waals surface area contributed by atoms with Crippen molar-refractivity contribution in [2.45, 2.75) is 32.3 Å². The molecule has 3 amide bonds. The quantitative estimate of drug-likeness (QED) is 0.674. The fourth-order valence-corrected chi connectivity index (χ4v) is 4.69. The van der Waals surface area contributed by atoms with Gasteiger partial charge >= 0.3 is 12.0 Å². The number of methoxy groups -OCH3 is 1. The number of hydrogen-bond donors (Lipinski definition) is 1. The molecule has 4 rings (SSSR count). The first-order valence-electron chi connectivity index (χ1n) is 10.5. The molecule has 1 aromatic carbocycles. The molecule has 1 aromatic rings. The number of rotatable bonds is 5. The molecule has 0 aliphatic carbocycles. The van der Waals surface area contributed by atoms with Crippen LogP contribution >= 0.6 is 0 Å². The summed E-state index contributed by atoms with van der Waals surface area (Å²) in [5, 5.41) is 3.46. The number of imide groups is 1. The van der Waals surface area contributed by atoms with Gasteiger partial charge in [0.2, 0.25) is 0 Å². The van der Waals surface area contributed by atoms with Crippen molar-refractivity contribution in [1.29, 1.82) is 0 Å². The predicted octanol–water partition coefficient (Wildman–Crippen LogP) is 0.492. The average Bonchev–Trinajstić information content (AvgIpc) is 3.14. The Morgan fingerprint density at radius 2 is 2.03 bits per heavy atom. The molecule has 0 radical (unpaired) electrons. The van der Waals surface area contributed by atoms with Gasteiger partial charge in [0.05, 0.1) is 13.7 Å². The number of urea groups is 1. The lowest BCUT2D eigenvalue weighted by Crippen LogP contribution is -2.67. The van der Waals surface area contributed by atoms with E-state index >= 15 is 0 Å². The first-order chi connectivity index (χ1) is 14.8.